The van der Waals surface area contributed by atoms with Gasteiger partial charge in [-0.2, -0.15) is 0 Å². The Morgan fingerprint density at radius 2 is 1.75 bits per heavy atom. The standard InChI is InChI=1S/C27H38O5/c1-4-6-7-8-9-13-20-31-27(26(29)30-21-22(3)5-2)18-16-24(17-19-27)32-25(28)23-14-11-10-12-15-23/h10-12,14-18,22H,4-9,13,19-21H2,1-3H3. The summed E-state index contributed by atoms with van der Waals surface area (Å²) in [7, 11) is 0. The Labute approximate surface area is 192 Å². The van der Waals surface area contributed by atoms with Gasteiger partial charge in [0.1, 0.15) is 5.76 Å². The summed E-state index contributed by atoms with van der Waals surface area (Å²) in [4.78, 5) is 25.3. The van der Waals surface area contributed by atoms with Crippen LogP contribution in [0.15, 0.2) is 54.3 Å². The van der Waals surface area contributed by atoms with E-state index in [1.807, 2.05) is 6.07 Å². The van der Waals surface area contributed by atoms with Crippen molar-refractivity contribution in [2.45, 2.75) is 77.7 Å². The van der Waals surface area contributed by atoms with Crippen LogP contribution in [0.3, 0.4) is 0 Å². The lowest BCUT2D eigenvalue weighted by Crippen LogP contribution is -2.42. The Morgan fingerprint density at radius 3 is 2.41 bits per heavy atom. The number of rotatable bonds is 14. The van der Waals surface area contributed by atoms with Gasteiger partial charge in [0.05, 0.1) is 12.2 Å². The Hall–Kier alpha value is -2.40. The number of allylic oxidation sites excluding steroid dienone is 1. The highest BCUT2D eigenvalue weighted by Crippen LogP contribution is 2.28. The monoisotopic (exact) mass is 442 g/mol. The van der Waals surface area contributed by atoms with Gasteiger partial charge in [0.2, 0.25) is 0 Å². The van der Waals surface area contributed by atoms with E-state index in [9.17, 15) is 9.59 Å². The zero-order valence-electron chi connectivity index (χ0n) is 19.8. The summed E-state index contributed by atoms with van der Waals surface area (Å²) in [5, 5.41) is 0. The Bertz CT molecular complexity index is 768. The maximum atomic E-state index is 13.0. The molecular weight excluding hydrogens is 404 g/mol. The van der Waals surface area contributed by atoms with Crippen molar-refractivity contribution in [3.8, 4) is 0 Å². The van der Waals surface area contributed by atoms with E-state index in [1.165, 1.54) is 25.7 Å². The third-order valence-corrected chi connectivity index (χ3v) is 5.74. The van der Waals surface area contributed by atoms with Crippen LogP contribution in [-0.4, -0.2) is 30.8 Å². The molecule has 1 aromatic rings. The summed E-state index contributed by atoms with van der Waals surface area (Å²) in [6.45, 7) is 7.17. The number of unbranched alkanes of at least 4 members (excludes halogenated alkanes) is 5. The van der Waals surface area contributed by atoms with Crippen LogP contribution < -0.4 is 0 Å². The van der Waals surface area contributed by atoms with Crippen molar-refractivity contribution < 1.29 is 23.8 Å². The molecular formula is C27H38O5. The molecule has 32 heavy (non-hydrogen) atoms. The molecule has 0 aliphatic heterocycles. The second-order valence-corrected chi connectivity index (χ2v) is 8.52. The summed E-state index contributed by atoms with van der Waals surface area (Å²) >= 11 is 0. The van der Waals surface area contributed by atoms with Crippen molar-refractivity contribution in [3.05, 3.63) is 59.9 Å². The maximum absolute atomic E-state index is 13.0. The van der Waals surface area contributed by atoms with Crippen LogP contribution in [-0.2, 0) is 19.0 Å². The zero-order valence-corrected chi connectivity index (χ0v) is 19.8. The Balaban J connectivity index is 1.96. The Morgan fingerprint density at radius 1 is 1.03 bits per heavy atom. The van der Waals surface area contributed by atoms with Gasteiger partial charge in [0.25, 0.3) is 0 Å². The van der Waals surface area contributed by atoms with Crippen molar-refractivity contribution in [2.75, 3.05) is 13.2 Å². The molecule has 0 heterocycles. The molecule has 1 aromatic carbocycles. The SMILES string of the molecule is CCCCCCCCOC1(C(=O)OCC(C)CC)C=CC(OC(=O)c2ccccc2)=CC1. The highest BCUT2D eigenvalue weighted by molar-refractivity contribution is 5.90. The van der Waals surface area contributed by atoms with Crippen molar-refractivity contribution in [1.82, 2.24) is 0 Å². The summed E-state index contributed by atoms with van der Waals surface area (Å²) in [6, 6.07) is 8.83. The van der Waals surface area contributed by atoms with Crippen LogP contribution in [0.25, 0.3) is 0 Å². The molecule has 0 bridgehead atoms. The lowest BCUT2D eigenvalue weighted by molar-refractivity contribution is -0.167. The predicted octanol–water partition coefficient (Wildman–Crippen LogP) is 6.39. The number of esters is 2. The lowest BCUT2D eigenvalue weighted by atomic mass is 9.94. The molecule has 2 atom stereocenters. The lowest BCUT2D eigenvalue weighted by Gasteiger charge is -2.30. The van der Waals surface area contributed by atoms with E-state index < -0.39 is 11.6 Å². The number of benzene rings is 1. The molecule has 176 valence electrons. The summed E-state index contributed by atoms with van der Waals surface area (Å²) < 4.78 is 17.2. The molecule has 2 rings (SSSR count). The van der Waals surface area contributed by atoms with Crippen LogP contribution in [0.4, 0.5) is 0 Å². The van der Waals surface area contributed by atoms with Crippen molar-refractivity contribution in [2.24, 2.45) is 5.92 Å². The molecule has 0 N–H and O–H groups in total. The second-order valence-electron chi connectivity index (χ2n) is 8.52. The molecule has 0 amide bonds. The van der Waals surface area contributed by atoms with E-state index in [-0.39, 0.29) is 12.4 Å². The number of hydrogen-bond donors (Lipinski definition) is 0. The Kier molecular flexibility index (Phi) is 11.2. The number of ether oxygens (including phenoxy) is 3. The fourth-order valence-electron chi connectivity index (χ4n) is 3.33. The van der Waals surface area contributed by atoms with E-state index in [0.717, 1.165) is 19.3 Å². The minimum Gasteiger partial charge on any atom is -0.463 e. The zero-order chi connectivity index (χ0) is 23.2. The van der Waals surface area contributed by atoms with Crippen LogP contribution >= 0.6 is 0 Å². The molecule has 0 saturated heterocycles. The van der Waals surface area contributed by atoms with Gasteiger partial charge < -0.3 is 14.2 Å². The van der Waals surface area contributed by atoms with Crippen LogP contribution in [0.1, 0.15) is 82.5 Å². The van der Waals surface area contributed by atoms with E-state index in [0.29, 0.717) is 30.5 Å². The first-order valence-electron chi connectivity index (χ1n) is 12.0. The summed E-state index contributed by atoms with van der Waals surface area (Å²) in [5.74, 6) is -0.113. The van der Waals surface area contributed by atoms with Gasteiger partial charge in [-0.05, 0) is 42.7 Å². The number of carbonyl (C=O) groups excluding carboxylic acids is 2. The molecule has 5 nitrogen and oxygen atoms in total. The average molecular weight is 443 g/mol. The van der Waals surface area contributed by atoms with Gasteiger partial charge in [-0.3, -0.25) is 0 Å². The van der Waals surface area contributed by atoms with Gasteiger partial charge in [0.15, 0.2) is 5.60 Å². The number of carbonyl (C=O) groups is 2. The first kappa shape index (κ1) is 25.9. The van der Waals surface area contributed by atoms with Crippen LogP contribution in [0, 0.1) is 5.92 Å². The molecule has 0 aromatic heterocycles. The first-order chi connectivity index (χ1) is 15.5. The smallest absolute Gasteiger partial charge is 0.343 e. The van der Waals surface area contributed by atoms with Crippen LogP contribution in [0.5, 0.6) is 0 Å². The van der Waals surface area contributed by atoms with Gasteiger partial charge in [-0.1, -0.05) is 77.5 Å². The molecule has 0 spiro atoms. The molecule has 0 saturated carbocycles. The van der Waals surface area contributed by atoms with Gasteiger partial charge in [-0.15, -0.1) is 0 Å². The van der Waals surface area contributed by atoms with Gasteiger partial charge in [0, 0.05) is 13.0 Å². The normalized spacial score (nSPS) is 18.7. The van der Waals surface area contributed by atoms with E-state index in [4.69, 9.17) is 14.2 Å². The third-order valence-electron chi connectivity index (χ3n) is 5.74. The molecule has 0 fully saturated rings. The minimum absolute atomic E-state index is 0.274. The molecule has 1 aliphatic carbocycles. The van der Waals surface area contributed by atoms with E-state index in [2.05, 4.69) is 20.8 Å². The molecule has 1 aliphatic rings. The van der Waals surface area contributed by atoms with E-state index in [1.54, 1.807) is 42.5 Å². The summed E-state index contributed by atoms with van der Waals surface area (Å²) in [5.41, 5.74) is -0.689. The molecule has 5 heteroatoms. The quantitative estimate of drug-likeness (QED) is 0.247. The highest BCUT2D eigenvalue weighted by atomic mass is 16.6. The first-order valence-corrected chi connectivity index (χ1v) is 12.0. The van der Waals surface area contributed by atoms with Crippen molar-refractivity contribution in [1.29, 1.82) is 0 Å². The molecule has 0 radical (unpaired) electrons. The third kappa shape index (κ3) is 8.27. The fraction of sp³-hybridized carbons (Fsp3) is 0.556. The van der Waals surface area contributed by atoms with Gasteiger partial charge >= 0.3 is 11.9 Å². The van der Waals surface area contributed by atoms with Crippen LogP contribution in [0.2, 0.25) is 0 Å². The second kappa shape index (κ2) is 13.9. The topological polar surface area (TPSA) is 61.8 Å². The van der Waals surface area contributed by atoms with Crippen molar-refractivity contribution in [3.63, 3.8) is 0 Å². The van der Waals surface area contributed by atoms with E-state index >= 15 is 0 Å². The minimum atomic E-state index is -1.17. The predicted molar refractivity (Wildman–Crippen MR) is 126 cm³/mol. The largest absolute Gasteiger partial charge is 0.463 e. The fourth-order valence-corrected chi connectivity index (χ4v) is 3.33. The van der Waals surface area contributed by atoms with Crippen molar-refractivity contribution >= 4 is 11.9 Å². The summed E-state index contributed by atoms with van der Waals surface area (Å²) in [6.07, 6.45) is 13.1. The maximum Gasteiger partial charge on any atom is 0.343 e. The average Bonchev–Trinajstić information content (AvgIpc) is 2.83. The highest BCUT2D eigenvalue weighted by Gasteiger charge is 2.40. The number of hydrogen-bond acceptors (Lipinski definition) is 5. The molecule has 2 unspecified atom stereocenters. The van der Waals surface area contributed by atoms with Gasteiger partial charge in [-0.25, -0.2) is 9.59 Å².